The van der Waals surface area contributed by atoms with E-state index in [0.29, 0.717) is 5.92 Å². The standard InChI is InChI=1S/C15H15N3S/c1-9-3-5-11(6-4-9)13-10(2)18-15(16-13)19-14(17-18)12-7-8-12/h3-6,12H,7-8H2,1-2H3. The summed E-state index contributed by atoms with van der Waals surface area (Å²) in [6.07, 6.45) is 2.58. The fourth-order valence-electron chi connectivity index (χ4n) is 2.34. The van der Waals surface area contributed by atoms with Gasteiger partial charge in [-0.15, -0.1) is 0 Å². The molecule has 0 spiro atoms. The zero-order valence-electron chi connectivity index (χ0n) is 11.1. The molecule has 0 atom stereocenters. The molecule has 19 heavy (non-hydrogen) atoms. The number of hydrogen-bond acceptors (Lipinski definition) is 3. The van der Waals surface area contributed by atoms with Crippen LogP contribution in [0.5, 0.6) is 0 Å². The fraction of sp³-hybridized carbons (Fsp3) is 0.333. The van der Waals surface area contributed by atoms with Crippen LogP contribution in [-0.2, 0) is 0 Å². The van der Waals surface area contributed by atoms with Gasteiger partial charge in [-0.2, -0.15) is 5.10 Å². The van der Waals surface area contributed by atoms with Crippen LogP contribution in [0.2, 0.25) is 0 Å². The van der Waals surface area contributed by atoms with Gasteiger partial charge in [0.25, 0.3) is 0 Å². The van der Waals surface area contributed by atoms with Crippen molar-refractivity contribution in [2.45, 2.75) is 32.6 Å². The quantitative estimate of drug-likeness (QED) is 0.705. The van der Waals surface area contributed by atoms with Crippen molar-refractivity contribution in [3.05, 3.63) is 40.5 Å². The molecule has 0 N–H and O–H groups in total. The summed E-state index contributed by atoms with van der Waals surface area (Å²) in [6.45, 7) is 4.21. The molecular formula is C15H15N3S. The van der Waals surface area contributed by atoms with Gasteiger partial charge in [0.1, 0.15) is 5.01 Å². The van der Waals surface area contributed by atoms with Crippen LogP contribution in [0.25, 0.3) is 16.2 Å². The zero-order valence-corrected chi connectivity index (χ0v) is 11.9. The molecule has 4 rings (SSSR count). The average Bonchev–Trinajstić information content (AvgIpc) is 3.10. The first-order valence-electron chi connectivity index (χ1n) is 6.65. The largest absolute Gasteiger partial charge is 0.217 e. The van der Waals surface area contributed by atoms with Crippen molar-refractivity contribution in [2.75, 3.05) is 0 Å². The van der Waals surface area contributed by atoms with Gasteiger partial charge in [-0.1, -0.05) is 41.2 Å². The lowest BCUT2D eigenvalue weighted by Gasteiger charge is -1.99. The summed E-state index contributed by atoms with van der Waals surface area (Å²) < 4.78 is 2.01. The molecule has 1 fully saturated rings. The summed E-state index contributed by atoms with van der Waals surface area (Å²) in [5.41, 5.74) is 4.65. The minimum atomic E-state index is 0.703. The monoisotopic (exact) mass is 269 g/mol. The summed E-state index contributed by atoms with van der Waals surface area (Å²) in [6, 6.07) is 8.53. The van der Waals surface area contributed by atoms with E-state index < -0.39 is 0 Å². The van der Waals surface area contributed by atoms with Crippen LogP contribution >= 0.6 is 11.3 Å². The molecular weight excluding hydrogens is 254 g/mol. The molecule has 1 saturated carbocycles. The third kappa shape index (κ3) is 1.78. The second kappa shape index (κ2) is 3.90. The Kier molecular flexibility index (Phi) is 2.30. The van der Waals surface area contributed by atoms with Gasteiger partial charge in [0.15, 0.2) is 0 Å². The van der Waals surface area contributed by atoms with Crippen molar-refractivity contribution in [3.8, 4) is 11.3 Å². The van der Waals surface area contributed by atoms with Crippen LogP contribution in [0.3, 0.4) is 0 Å². The molecule has 1 aliphatic carbocycles. The number of imidazole rings is 1. The van der Waals surface area contributed by atoms with Crippen LogP contribution in [0, 0.1) is 13.8 Å². The second-order valence-electron chi connectivity index (χ2n) is 5.32. The van der Waals surface area contributed by atoms with Gasteiger partial charge in [0.2, 0.25) is 4.96 Å². The number of fused-ring (bicyclic) bond motifs is 1. The molecule has 0 bridgehead atoms. The van der Waals surface area contributed by atoms with E-state index in [4.69, 9.17) is 10.1 Å². The number of hydrogen-bond donors (Lipinski definition) is 0. The Balaban J connectivity index is 1.84. The third-order valence-corrected chi connectivity index (χ3v) is 4.77. The smallest absolute Gasteiger partial charge is 0.212 e. The molecule has 96 valence electrons. The Morgan fingerprint density at radius 2 is 1.89 bits per heavy atom. The van der Waals surface area contributed by atoms with Gasteiger partial charge in [0.05, 0.1) is 11.4 Å². The number of nitrogens with zero attached hydrogens (tertiary/aromatic N) is 3. The maximum Gasteiger partial charge on any atom is 0.212 e. The molecule has 2 heterocycles. The lowest BCUT2D eigenvalue weighted by molar-refractivity contribution is 0.877. The van der Waals surface area contributed by atoms with E-state index in [0.717, 1.165) is 16.3 Å². The van der Waals surface area contributed by atoms with E-state index in [1.807, 2.05) is 4.52 Å². The van der Waals surface area contributed by atoms with Gasteiger partial charge in [-0.3, -0.25) is 0 Å². The minimum Gasteiger partial charge on any atom is -0.217 e. The molecule has 1 aliphatic rings. The van der Waals surface area contributed by atoms with Gasteiger partial charge >= 0.3 is 0 Å². The molecule has 3 nitrogen and oxygen atoms in total. The Bertz CT molecular complexity index is 748. The van der Waals surface area contributed by atoms with E-state index in [9.17, 15) is 0 Å². The molecule has 0 radical (unpaired) electrons. The Morgan fingerprint density at radius 3 is 2.53 bits per heavy atom. The van der Waals surface area contributed by atoms with E-state index in [1.165, 1.54) is 29.0 Å². The van der Waals surface area contributed by atoms with Crippen molar-refractivity contribution in [3.63, 3.8) is 0 Å². The van der Waals surface area contributed by atoms with Crippen LogP contribution < -0.4 is 0 Å². The van der Waals surface area contributed by atoms with E-state index in [-0.39, 0.29) is 0 Å². The third-order valence-electron chi connectivity index (χ3n) is 3.70. The summed E-state index contributed by atoms with van der Waals surface area (Å²) >= 11 is 1.74. The first-order valence-corrected chi connectivity index (χ1v) is 7.47. The van der Waals surface area contributed by atoms with Crippen molar-refractivity contribution >= 4 is 16.3 Å². The highest BCUT2D eigenvalue weighted by Gasteiger charge is 2.28. The van der Waals surface area contributed by atoms with Crippen LogP contribution in [-0.4, -0.2) is 14.6 Å². The maximum absolute atomic E-state index is 4.76. The SMILES string of the molecule is Cc1ccc(-c2nc3sc(C4CC4)nn3c2C)cc1. The molecule has 4 heteroatoms. The average molecular weight is 269 g/mol. The Morgan fingerprint density at radius 1 is 1.16 bits per heavy atom. The minimum absolute atomic E-state index is 0.703. The van der Waals surface area contributed by atoms with Crippen molar-refractivity contribution in [2.24, 2.45) is 0 Å². The molecule has 0 unspecified atom stereocenters. The highest BCUT2D eigenvalue weighted by molar-refractivity contribution is 7.16. The highest BCUT2D eigenvalue weighted by Crippen LogP contribution is 2.42. The summed E-state index contributed by atoms with van der Waals surface area (Å²) in [4.78, 5) is 5.79. The first kappa shape index (κ1) is 11.2. The number of benzene rings is 1. The second-order valence-corrected chi connectivity index (χ2v) is 6.31. The van der Waals surface area contributed by atoms with E-state index in [1.54, 1.807) is 11.3 Å². The predicted molar refractivity (Wildman–Crippen MR) is 77.7 cm³/mol. The molecule has 0 saturated heterocycles. The first-order chi connectivity index (χ1) is 9.22. The molecule has 3 aromatic rings. The van der Waals surface area contributed by atoms with Gasteiger partial charge in [0, 0.05) is 11.5 Å². The predicted octanol–water partition coefficient (Wildman–Crippen LogP) is 3.95. The molecule has 1 aromatic carbocycles. The van der Waals surface area contributed by atoms with Gasteiger partial charge in [-0.05, 0) is 26.7 Å². The topological polar surface area (TPSA) is 30.2 Å². The summed E-state index contributed by atoms with van der Waals surface area (Å²) in [7, 11) is 0. The number of aryl methyl sites for hydroxylation is 2. The lowest BCUT2D eigenvalue weighted by Crippen LogP contribution is -1.90. The Hall–Kier alpha value is -1.68. The van der Waals surface area contributed by atoms with Gasteiger partial charge in [-0.25, -0.2) is 9.50 Å². The lowest BCUT2D eigenvalue weighted by atomic mass is 10.1. The summed E-state index contributed by atoms with van der Waals surface area (Å²) in [5, 5.41) is 5.96. The summed E-state index contributed by atoms with van der Waals surface area (Å²) in [5.74, 6) is 0.703. The van der Waals surface area contributed by atoms with E-state index in [2.05, 4.69) is 38.1 Å². The highest BCUT2D eigenvalue weighted by atomic mass is 32.1. The normalized spacial score (nSPS) is 15.3. The van der Waals surface area contributed by atoms with Crippen LogP contribution in [0.15, 0.2) is 24.3 Å². The van der Waals surface area contributed by atoms with Crippen molar-refractivity contribution < 1.29 is 0 Å². The van der Waals surface area contributed by atoms with Crippen LogP contribution in [0.4, 0.5) is 0 Å². The van der Waals surface area contributed by atoms with Crippen LogP contribution in [0.1, 0.15) is 35.0 Å². The fourth-order valence-corrected chi connectivity index (χ4v) is 3.46. The Labute approximate surface area is 115 Å². The molecule has 0 amide bonds. The maximum atomic E-state index is 4.76. The van der Waals surface area contributed by atoms with E-state index >= 15 is 0 Å². The van der Waals surface area contributed by atoms with Gasteiger partial charge < -0.3 is 0 Å². The number of aromatic nitrogens is 3. The molecule has 2 aromatic heterocycles. The number of rotatable bonds is 2. The van der Waals surface area contributed by atoms with Crippen molar-refractivity contribution in [1.29, 1.82) is 0 Å². The van der Waals surface area contributed by atoms with Crippen molar-refractivity contribution in [1.82, 2.24) is 14.6 Å². The zero-order chi connectivity index (χ0) is 13.0. The molecule has 0 aliphatic heterocycles.